The van der Waals surface area contributed by atoms with E-state index in [1.807, 2.05) is 24.3 Å². The van der Waals surface area contributed by atoms with Crippen molar-refractivity contribution in [1.29, 1.82) is 0 Å². The number of nitrogens with one attached hydrogen (secondary N) is 2. The van der Waals surface area contributed by atoms with Crippen LogP contribution in [0.25, 0.3) is 10.9 Å². The Bertz CT molecular complexity index is 1300. The lowest BCUT2D eigenvalue weighted by molar-refractivity contribution is 0.598. The summed E-state index contributed by atoms with van der Waals surface area (Å²) in [5.41, 5.74) is 1.73. The van der Waals surface area contributed by atoms with E-state index in [-0.39, 0.29) is 10.6 Å². The van der Waals surface area contributed by atoms with Crippen molar-refractivity contribution >= 4 is 38.1 Å². The number of anilines is 3. The highest BCUT2D eigenvalue weighted by Crippen LogP contribution is 2.27. The first-order chi connectivity index (χ1) is 13.9. The summed E-state index contributed by atoms with van der Waals surface area (Å²) in [5.74, 6) is -0.0830. The Balaban J connectivity index is 1.70. The monoisotopic (exact) mass is 408 g/mol. The molecule has 1 aromatic heterocycles. The van der Waals surface area contributed by atoms with E-state index in [9.17, 15) is 12.8 Å². The van der Waals surface area contributed by atoms with Gasteiger partial charge in [-0.3, -0.25) is 4.72 Å². The summed E-state index contributed by atoms with van der Waals surface area (Å²) in [5, 5.41) is 3.95. The number of nitrogens with zero attached hydrogens (tertiary/aromatic N) is 2. The molecule has 4 aromatic rings. The summed E-state index contributed by atoms with van der Waals surface area (Å²) in [4.78, 5) is 8.52. The molecule has 6 nitrogen and oxygen atoms in total. The Labute approximate surface area is 167 Å². The van der Waals surface area contributed by atoms with Crippen LogP contribution in [0.2, 0.25) is 0 Å². The molecule has 0 unspecified atom stereocenters. The third kappa shape index (κ3) is 3.88. The molecule has 0 atom stereocenters. The smallest absolute Gasteiger partial charge is 0.262 e. The molecular formula is C21H17FN4O2S. The number of hydrogen-bond acceptors (Lipinski definition) is 5. The van der Waals surface area contributed by atoms with Gasteiger partial charge in [-0.2, -0.15) is 0 Å². The largest absolute Gasteiger partial charge is 0.340 e. The van der Waals surface area contributed by atoms with Gasteiger partial charge < -0.3 is 5.32 Å². The highest BCUT2D eigenvalue weighted by atomic mass is 32.2. The molecule has 0 spiro atoms. The van der Waals surface area contributed by atoms with Crippen LogP contribution in [0.1, 0.15) is 5.56 Å². The number of sulfonamides is 1. The van der Waals surface area contributed by atoms with Crippen molar-refractivity contribution in [3.05, 3.63) is 84.4 Å². The number of aryl methyl sites for hydroxylation is 1. The highest BCUT2D eigenvalue weighted by molar-refractivity contribution is 7.92. The summed E-state index contributed by atoms with van der Waals surface area (Å²) < 4.78 is 41.9. The van der Waals surface area contributed by atoms with Crippen molar-refractivity contribution in [2.45, 2.75) is 11.8 Å². The molecule has 2 N–H and O–H groups in total. The van der Waals surface area contributed by atoms with E-state index in [0.29, 0.717) is 17.1 Å². The van der Waals surface area contributed by atoms with Gasteiger partial charge >= 0.3 is 0 Å². The standard InChI is InChI=1S/C21H17FN4O2S/c1-14-10-11-15(25-21-16-6-2-4-8-18(16)23-13-24-21)12-20(14)29(27,28)26-19-9-5-3-7-17(19)22/h2-13,26H,1H3,(H,23,24,25). The third-order valence-electron chi connectivity index (χ3n) is 4.40. The molecule has 146 valence electrons. The van der Waals surface area contributed by atoms with E-state index in [1.165, 1.54) is 30.6 Å². The number of benzene rings is 3. The van der Waals surface area contributed by atoms with E-state index in [4.69, 9.17) is 0 Å². The summed E-state index contributed by atoms with van der Waals surface area (Å²) in [6, 6.07) is 18.1. The number of aromatic nitrogens is 2. The quantitative estimate of drug-likeness (QED) is 0.503. The predicted molar refractivity (Wildman–Crippen MR) is 111 cm³/mol. The van der Waals surface area contributed by atoms with Crippen LogP contribution >= 0.6 is 0 Å². The number of para-hydroxylation sites is 2. The molecule has 3 aromatic carbocycles. The molecule has 0 saturated heterocycles. The maximum Gasteiger partial charge on any atom is 0.262 e. The van der Waals surface area contributed by atoms with Crippen LogP contribution in [0.4, 0.5) is 21.6 Å². The van der Waals surface area contributed by atoms with E-state index in [1.54, 1.807) is 25.1 Å². The van der Waals surface area contributed by atoms with Gasteiger partial charge in [-0.15, -0.1) is 0 Å². The van der Waals surface area contributed by atoms with Gasteiger partial charge in [-0.05, 0) is 48.9 Å². The Morgan fingerprint density at radius 3 is 2.52 bits per heavy atom. The van der Waals surface area contributed by atoms with Gasteiger partial charge in [0.15, 0.2) is 0 Å². The average molecular weight is 408 g/mol. The van der Waals surface area contributed by atoms with Crippen LogP contribution in [0.3, 0.4) is 0 Å². The number of rotatable bonds is 5. The Hall–Kier alpha value is -3.52. The second-order valence-electron chi connectivity index (χ2n) is 6.43. The minimum Gasteiger partial charge on any atom is -0.340 e. The van der Waals surface area contributed by atoms with Crippen LogP contribution in [-0.2, 0) is 10.0 Å². The van der Waals surface area contributed by atoms with Crippen LogP contribution < -0.4 is 10.0 Å². The minimum atomic E-state index is -3.99. The van der Waals surface area contributed by atoms with E-state index in [0.717, 1.165) is 10.9 Å². The summed E-state index contributed by atoms with van der Waals surface area (Å²) in [7, 11) is -3.99. The zero-order chi connectivity index (χ0) is 20.4. The number of fused-ring (bicyclic) bond motifs is 1. The minimum absolute atomic E-state index is 0.0455. The van der Waals surface area contributed by atoms with E-state index < -0.39 is 15.8 Å². The molecule has 0 bridgehead atoms. The zero-order valence-corrected chi connectivity index (χ0v) is 16.2. The molecule has 8 heteroatoms. The van der Waals surface area contributed by atoms with Crippen LogP contribution in [0.15, 0.2) is 78.0 Å². The van der Waals surface area contributed by atoms with Gasteiger partial charge in [-0.1, -0.05) is 30.3 Å². The normalized spacial score (nSPS) is 11.4. The van der Waals surface area contributed by atoms with Crippen molar-refractivity contribution in [2.24, 2.45) is 0 Å². The lowest BCUT2D eigenvalue weighted by Crippen LogP contribution is -2.15. The Morgan fingerprint density at radius 1 is 0.931 bits per heavy atom. The molecule has 0 amide bonds. The van der Waals surface area contributed by atoms with Crippen molar-refractivity contribution < 1.29 is 12.8 Å². The summed E-state index contributed by atoms with van der Waals surface area (Å²) >= 11 is 0. The Morgan fingerprint density at radius 2 is 1.69 bits per heavy atom. The molecule has 29 heavy (non-hydrogen) atoms. The maximum absolute atomic E-state index is 13.9. The molecule has 0 saturated carbocycles. The molecule has 0 aliphatic carbocycles. The van der Waals surface area contributed by atoms with Crippen LogP contribution in [0, 0.1) is 12.7 Å². The zero-order valence-electron chi connectivity index (χ0n) is 15.4. The second kappa shape index (κ2) is 7.48. The van der Waals surface area contributed by atoms with E-state index >= 15 is 0 Å². The van der Waals surface area contributed by atoms with Crippen molar-refractivity contribution in [2.75, 3.05) is 10.0 Å². The molecular weight excluding hydrogens is 391 g/mol. The molecule has 0 aliphatic heterocycles. The lowest BCUT2D eigenvalue weighted by Gasteiger charge is -2.14. The van der Waals surface area contributed by atoms with Crippen LogP contribution in [-0.4, -0.2) is 18.4 Å². The van der Waals surface area contributed by atoms with E-state index in [2.05, 4.69) is 20.0 Å². The van der Waals surface area contributed by atoms with Gasteiger partial charge in [0, 0.05) is 11.1 Å². The first-order valence-electron chi connectivity index (χ1n) is 8.79. The average Bonchev–Trinajstić information content (AvgIpc) is 2.71. The fourth-order valence-electron chi connectivity index (χ4n) is 2.95. The molecule has 0 aliphatic rings. The van der Waals surface area contributed by atoms with Gasteiger partial charge in [0.2, 0.25) is 0 Å². The maximum atomic E-state index is 13.9. The van der Waals surface area contributed by atoms with Crippen LogP contribution in [0.5, 0.6) is 0 Å². The first kappa shape index (κ1) is 18.8. The number of halogens is 1. The summed E-state index contributed by atoms with van der Waals surface area (Å²) in [6.45, 7) is 1.68. The molecule has 1 heterocycles. The van der Waals surface area contributed by atoms with Crippen molar-refractivity contribution in [3.63, 3.8) is 0 Å². The fraction of sp³-hybridized carbons (Fsp3) is 0.0476. The topological polar surface area (TPSA) is 84.0 Å². The molecule has 4 rings (SSSR count). The number of hydrogen-bond donors (Lipinski definition) is 2. The predicted octanol–water partition coefficient (Wildman–Crippen LogP) is 4.62. The third-order valence-corrected chi connectivity index (χ3v) is 5.91. The van der Waals surface area contributed by atoms with Crippen molar-refractivity contribution in [1.82, 2.24) is 9.97 Å². The van der Waals surface area contributed by atoms with Gasteiger partial charge in [-0.25, -0.2) is 22.8 Å². The summed E-state index contributed by atoms with van der Waals surface area (Å²) in [6.07, 6.45) is 1.44. The van der Waals surface area contributed by atoms with Gasteiger partial charge in [0.1, 0.15) is 18.0 Å². The highest BCUT2D eigenvalue weighted by Gasteiger charge is 2.19. The molecule has 0 radical (unpaired) electrons. The van der Waals surface area contributed by atoms with Gasteiger partial charge in [0.05, 0.1) is 16.1 Å². The van der Waals surface area contributed by atoms with Gasteiger partial charge in [0.25, 0.3) is 10.0 Å². The second-order valence-corrected chi connectivity index (χ2v) is 8.08. The Kier molecular flexibility index (Phi) is 4.85. The first-order valence-corrected chi connectivity index (χ1v) is 10.3. The lowest BCUT2D eigenvalue weighted by atomic mass is 10.2. The van der Waals surface area contributed by atoms with Crippen molar-refractivity contribution in [3.8, 4) is 0 Å². The fourth-order valence-corrected chi connectivity index (χ4v) is 4.29. The SMILES string of the molecule is Cc1ccc(Nc2ncnc3ccccc23)cc1S(=O)(=O)Nc1ccccc1F. The molecule has 0 fully saturated rings.